The topological polar surface area (TPSA) is 564 Å². The van der Waals surface area contributed by atoms with Crippen LogP contribution in [0.4, 0.5) is 0 Å². The predicted molar refractivity (Wildman–Crippen MR) is 205 cm³/mol. The van der Waals surface area contributed by atoms with Crippen LogP contribution >= 0.6 is 0 Å². The highest BCUT2D eigenvalue weighted by atomic mass is 32.3. The van der Waals surface area contributed by atoms with Gasteiger partial charge >= 0.3 is 22.3 Å². The fourth-order valence-corrected chi connectivity index (χ4v) is 8.23. The molecule has 4 rings (SSSR count). The summed E-state index contributed by atoms with van der Waals surface area (Å²) in [5.74, 6) is -13.1. The summed E-state index contributed by atoms with van der Waals surface area (Å²) in [6.07, 6.45) is -42.5. The molecule has 0 radical (unpaired) electrons. The highest BCUT2D eigenvalue weighted by molar-refractivity contribution is 7.80. The van der Waals surface area contributed by atoms with E-state index in [4.69, 9.17) is 37.7 Å². The van der Waals surface area contributed by atoms with E-state index in [0.29, 0.717) is 0 Å². The predicted octanol–water partition coefficient (Wildman–Crippen LogP) is -13.3. The second-order valence-electron chi connectivity index (χ2n) is 16.1. The molecule has 22 atom stereocenters. The largest absolute Gasteiger partial charge is 0.477 e. The first kappa shape index (κ1) is 58.4. The van der Waals surface area contributed by atoms with Gasteiger partial charge in [-0.2, -0.15) is 8.42 Å². The van der Waals surface area contributed by atoms with Crippen molar-refractivity contribution in [3.05, 3.63) is 0 Å². The number of hydrogen-bond donors (Lipinski definition) is 20. The van der Waals surface area contributed by atoms with Crippen molar-refractivity contribution < 1.29 is 156 Å². The number of carbonyl (C=O) groups excluding carboxylic acids is 2. The average Bonchev–Trinajstić information content (AvgIpc) is 3.29. The highest BCUT2D eigenvalue weighted by Gasteiger charge is 2.60. The zero-order valence-corrected chi connectivity index (χ0v) is 36.2. The van der Waals surface area contributed by atoms with Crippen LogP contribution in [0.15, 0.2) is 0 Å². The van der Waals surface area contributed by atoms with Gasteiger partial charge in [0.15, 0.2) is 12.6 Å². The maximum atomic E-state index is 12.8. The first-order chi connectivity index (χ1) is 32.1. The van der Waals surface area contributed by atoms with Gasteiger partial charge in [0.25, 0.3) is 11.6 Å². The van der Waals surface area contributed by atoms with Crippen LogP contribution in [-0.4, -0.2) is 297 Å². The first-order valence-corrected chi connectivity index (χ1v) is 21.7. The standard InChI is InChI=1S/C34H56N2O32S/c37-3-11(21(47)27-17(35-15(43)5-39)9(41)1-33(66-27,31(54)55)61-7-13-19(45)23(49)25(51)29(53)63-13)64-30-26(52)24(50)20(46)14(65-30)8-62-34(32(56)57)2-10(42)18(36-16(44)6-40)28(67-34)22(48)12(4-38)68-69(58,59)60/h9-14,17-30,37-42,45-53H,1-8H2,(H,35,43)(H,36,44)(H,54,55)(H,56,57)(H,58,59,60)/t9-,10-,11+,12+,13+,14+,17+,18+,19+,20+,21+,22+,23-,24-,25+,26+,27+,28+,29+,30-,33+,34+/m0/s1. The molecule has 35 heteroatoms. The van der Waals surface area contributed by atoms with E-state index in [-0.39, 0.29) is 0 Å². The number of aliphatic hydroxyl groups excluding tert-OH is 15. The molecule has 400 valence electrons. The average molecular weight is 1040 g/mol. The molecule has 4 aliphatic heterocycles. The minimum atomic E-state index is -5.47. The number of aliphatic hydroxyl groups is 15. The Morgan fingerprint density at radius 2 is 1.01 bits per heavy atom. The molecule has 0 bridgehead atoms. The molecule has 0 unspecified atom stereocenters. The first-order valence-electron chi connectivity index (χ1n) is 20.3. The van der Waals surface area contributed by atoms with Crippen molar-refractivity contribution >= 4 is 34.2 Å². The fraction of sp³-hybridized carbons (Fsp3) is 0.882. The SMILES string of the molecule is O=C(CO)N[C@H]1[C@H]([C@H](O)[C@@H](CO)O[C@H]2O[C@H](CO[C@]3(C(=O)O)C[C@H](O)[C@@H](NC(=O)CO)[C@H]([C@H](O)[C@@H](CO)OS(=O)(=O)O)O3)[C@@H](O)[C@H](O)[C@H]2O)O[C@@](OC[C@H]2O[C@@H](O)[C@H](O)[C@@H](O)[C@@H]2O)(C(=O)O)C[C@@H]1O. The van der Waals surface area contributed by atoms with E-state index in [9.17, 15) is 114 Å². The number of ether oxygens (including phenoxy) is 7. The Morgan fingerprint density at radius 1 is 0.609 bits per heavy atom. The van der Waals surface area contributed by atoms with E-state index in [0.717, 1.165) is 0 Å². The number of amides is 2. The van der Waals surface area contributed by atoms with Crippen LogP contribution in [0.25, 0.3) is 0 Å². The molecular formula is C34H56N2O32S. The van der Waals surface area contributed by atoms with Crippen LogP contribution in [0.2, 0.25) is 0 Å². The number of nitrogens with one attached hydrogen (secondary N) is 2. The summed E-state index contributed by atoms with van der Waals surface area (Å²) in [6.45, 7) is -7.74. The third-order valence-electron chi connectivity index (χ3n) is 11.4. The number of carboxylic acid groups (broad SMARTS) is 2. The summed E-state index contributed by atoms with van der Waals surface area (Å²) < 4.78 is 73.9. The number of carbonyl (C=O) groups is 4. The molecule has 0 aromatic heterocycles. The minimum absolute atomic E-state index is 1.09. The second kappa shape index (κ2) is 24.1. The summed E-state index contributed by atoms with van der Waals surface area (Å²) in [5, 5.41) is 181. The van der Waals surface area contributed by atoms with Gasteiger partial charge in [-0.3, -0.25) is 14.1 Å². The van der Waals surface area contributed by atoms with E-state index in [1.54, 1.807) is 0 Å². The zero-order valence-electron chi connectivity index (χ0n) is 35.4. The second-order valence-corrected chi connectivity index (χ2v) is 17.1. The molecule has 2 amide bonds. The van der Waals surface area contributed by atoms with Crippen molar-refractivity contribution in [2.75, 3.05) is 39.6 Å². The van der Waals surface area contributed by atoms with Gasteiger partial charge in [-0.1, -0.05) is 0 Å². The number of aliphatic carboxylic acids is 2. The summed E-state index contributed by atoms with van der Waals surface area (Å²) in [7, 11) is -5.47. The molecule has 0 aliphatic carbocycles. The van der Waals surface area contributed by atoms with Gasteiger partial charge in [0.05, 0.1) is 50.7 Å². The lowest BCUT2D eigenvalue weighted by Gasteiger charge is -2.48. The molecule has 34 nitrogen and oxygen atoms in total. The Hall–Kier alpha value is -3.13. The van der Waals surface area contributed by atoms with Crippen LogP contribution in [0.5, 0.6) is 0 Å². The minimum Gasteiger partial charge on any atom is -0.477 e. The van der Waals surface area contributed by atoms with Crippen molar-refractivity contribution in [1.82, 2.24) is 10.6 Å². The third kappa shape index (κ3) is 13.5. The van der Waals surface area contributed by atoms with Crippen molar-refractivity contribution in [3.8, 4) is 0 Å². The molecule has 20 N–H and O–H groups in total. The van der Waals surface area contributed by atoms with E-state index in [1.165, 1.54) is 0 Å². The molecule has 0 aromatic carbocycles. The van der Waals surface area contributed by atoms with E-state index in [2.05, 4.69) is 9.50 Å². The van der Waals surface area contributed by atoms with Crippen molar-refractivity contribution in [2.45, 2.75) is 147 Å². The molecule has 4 aliphatic rings. The van der Waals surface area contributed by atoms with Crippen LogP contribution < -0.4 is 10.6 Å². The van der Waals surface area contributed by atoms with Gasteiger partial charge in [-0.05, 0) is 0 Å². The monoisotopic (exact) mass is 1040 g/mol. The van der Waals surface area contributed by atoms with Crippen molar-refractivity contribution in [3.63, 3.8) is 0 Å². The molecular weight excluding hydrogens is 980 g/mol. The summed E-state index contributed by atoms with van der Waals surface area (Å²) >= 11 is 0. The third-order valence-corrected chi connectivity index (χ3v) is 11.9. The fourth-order valence-electron chi connectivity index (χ4n) is 7.74. The summed E-state index contributed by atoms with van der Waals surface area (Å²) in [5.41, 5.74) is 0. The van der Waals surface area contributed by atoms with Gasteiger partial charge in [-0.15, -0.1) is 0 Å². The molecule has 4 saturated heterocycles. The van der Waals surface area contributed by atoms with Gasteiger partial charge in [0, 0.05) is 12.8 Å². The normalized spacial score (nSPS) is 40.5. The van der Waals surface area contributed by atoms with Gasteiger partial charge in [-0.25, -0.2) is 13.8 Å². The van der Waals surface area contributed by atoms with Crippen LogP contribution in [0, 0.1) is 0 Å². The molecule has 4 fully saturated rings. The Kier molecular flexibility index (Phi) is 20.4. The van der Waals surface area contributed by atoms with E-state index < -0.39 is 221 Å². The van der Waals surface area contributed by atoms with Crippen molar-refractivity contribution in [1.29, 1.82) is 0 Å². The Labute approximate surface area is 387 Å². The zero-order chi connectivity index (χ0) is 52.1. The van der Waals surface area contributed by atoms with Gasteiger partial charge < -0.3 is 131 Å². The Balaban J connectivity index is 1.61. The quantitative estimate of drug-likeness (QED) is 0.0448. The van der Waals surface area contributed by atoms with Crippen LogP contribution in [0.3, 0.4) is 0 Å². The number of rotatable bonds is 22. The molecule has 0 saturated carbocycles. The lowest BCUT2D eigenvalue weighted by atomic mass is 9.88. The number of carboxylic acids is 2. The lowest BCUT2D eigenvalue weighted by molar-refractivity contribution is -0.354. The Bertz CT molecular complexity index is 1850. The molecule has 0 aromatic rings. The number of hydrogen-bond acceptors (Lipinski definition) is 29. The summed E-state index contributed by atoms with van der Waals surface area (Å²) in [4.78, 5) is 49.9. The lowest BCUT2D eigenvalue weighted by Crippen LogP contribution is -2.69. The molecule has 4 heterocycles. The van der Waals surface area contributed by atoms with Crippen LogP contribution in [-0.2, 0) is 66.9 Å². The maximum Gasteiger partial charge on any atom is 0.397 e. The summed E-state index contributed by atoms with van der Waals surface area (Å²) in [6, 6.07) is -3.89. The van der Waals surface area contributed by atoms with E-state index in [1.807, 2.05) is 5.32 Å². The van der Waals surface area contributed by atoms with E-state index >= 15 is 0 Å². The molecule has 69 heavy (non-hydrogen) atoms. The maximum absolute atomic E-state index is 12.8. The molecule has 0 spiro atoms. The van der Waals surface area contributed by atoms with Gasteiger partial charge in [0.1, 0.15) is 98.7 Å². The smallest absolute Gasteiger partial charge is 0.397 e. The Morgan fingerprint density at radius 3 is 1.41 bits per heavy atom. The van der Waals surface area contributed by atoms with Gasteiger partial charge in [0.2, 0.25) is 11.8 Å². The van der Waals surface area contributed by atoms with Crippen molar-refractivity contribution in [2.24, 2.45) is 0 Å². The van der Waals surface area contributed by atoms with Crippen LogP contribution in [0.1, 0.15) is 12.8 Å². The highest BCUT2D eigenvalue weighted by Crippen LogP contribution is 2.38.